The van der Waals surface area contributed by atoms with Crippen LogP contribution in [0.3, 0.4) is 0 Å². The van der Waals surface area contributed by atoms with Gasteiger partial charge < -0.3 is 24.3 Å². The maximum atomic E-state index is 15.8. The molecule has 276 valence electrons. The number of H-pyrrole nitrogens is 1. The number of imide groups is 1. The molecular weight excluding hydrogens is 681 g/mol. The van der Waals surface area contributed by atoms with Gasteiger partial charge in [-0.1, -0.05) is 6.07 Å². The number of aromatic amines is 1. The van der Waals surface area contributed by atoms with Crippen LogP contribution in [0.1, 0.15) is 47.2 Å². The number of carbonyl (C=O) groups is 3. The summed E-state index contributed by atoms with van der Waals surface area (Å²) in [6, 6.07) is 14.6. The lowest BCUT2D eigenvalue weighted by Crippen LogP contribution is -2.53. The average molecular weight is 724 g/mol. The van der Waals surface area contributed by atoms with Crippen LogP contribution in [0.5, 0.6) is 11.5 Å². The van der Waals surface area contributed by atoms with E-state index in [4.69, 9.17) is 14.5 Å². The number of rotatable bonds is 8. The van der Waals surface area contributed by atoms with Crippen molar-refractivity contribution in [2.75, 3.05) is 58.4 Å². The number of piperidine rings is 2. The molecule has 3 saturated heterocycles. The Morgan fingerprint density at radius 2 is 1.64 bits per heavy atom. The summed E-state index contributed by atoms with van der Waals surface area (Å²) in [6.45, 7) is 5.82. The quantitative estimate of drug-likeness (QED) is 0.261. The summed E-state index contributed by atoms with van der Waals surface area (Å²) >= 11 is 0. The minimum Gasteiger partial charge on any atom is -0.497 e. The largest absolute Gasteiger partial charge is 0.497 e. The fraction of sp³-hybridized carbons (Fsp3) is 0.410. The van der Waals surface area contributed by atoms with E-state index in [1.807, 2.05) is 12.1 Å². The Hall–Kier alpha value is -5.34. The molecule has 8 rings (SSSR count). The minimum atomic E-state index is -0.765. The average Bonchev–Trinajstić information content (AvgIpc) is 3.51. The number of piperazine rings is 1. The van der Waals surface area contributed by atoms with Gasteiger partial charge in [-0.15, -0.1) is 0 Å². The summed E-state index contributed by atoms with van der Waals surface area (Å²) in [5.41, 5.74) is 3.35. The normalized spacial score (nSPS) is 20.2. The van der Waals surface area contributed by atoms with Gasteiger partial charge >= 0.3 is 0 Å². The number of nitrogens with one attached hydrogen (secondary N) is 2. The smallest absolute Gasteiger partial charge is 0.262 e. The van der Waals surface area contributed by atoms with Gasteiger partial charge in [0.1, 0.15) is 34.6 Å². The number of hydrogen-bond acceptors (Lipinski definition) is 10. The molecule has 0 radical (unpaired) electrons. The number of fused-ring (bicyclic) bond motifs is 2. The molecular formula is C39H42FN7O6. The van der Waals surface area contributed by atoms with Crippen molar-refractivity contribution in [3.05, 3.63) is 81.4 Å². The Morgan fingerprint density at radius 1 is 0.887 bits per heavy atom. The number of amides is 3. The Balaban J connectivity index is 0.842. The number of halogens is 1. The van der Waals surface area contributed by atoms with Crippen molar-refractivity contribution in [1.82, 2.24) is 30.0 Å². The molecule has 1 aromatic heterocycles. The number of ether oxygens (including phenoxy) is 2. The summed E-state index contributed by atoms with van der Waals surface area (Å²) in [4.78, 5) is 66.2. The van der Waals surface area contributed by atoms with E-state index in [-0.39, 0.29) is 42.6 Å². The highest BCUT2D eigenvalue weighted by Crippen LogP contribution is 2.33. The third kappa shape index (κ3) is 6.61. The van der Waals surface area contributed by atoms with E-state index in [0.29, 0.717) is 57.5 Å². The zero-order valence-electron chi connectivity index (χ0n) is 29.8. The number of aromatic nitrogens is 2. The number of benzene rings is 3. The van der Waals surface area contributed by atoms with Crippen LogP contribution >= 0.6 is 0 Å². The molecule has 1 atom stereocenters. The zero-order valence-corrected chi connectivity index (χ0v) is 29.8. The predicted molar refractivity (Wildman–Crippen MR) is 195 cm³/mol. The van der Waals surface area contributed by atoms with E-state index in [9.17, 15) is 19.2 Å². The molecule has 0 aliphatic carbocycles. The molecule has 0 saturated carbocycles. The van der Waals surface area contributed by atoms with Gasteiger partial charge in [-0.3, -0.25) is 34.3 Å². The maximum Gasteiger partial charge on any atom is 0.262 e. The van der Waals surface area contributed by atoms with Crippen molar-refractivity contribution in [2.45, 2.75) is 50.9 Å². The van der Waals surface area contributed by atoms with Crippen LogP contribution in [0, 0.1) is 5.82 Å². The zero-order chi connectivity index (χ0) is 36.8. The van der Waals surface area contributed by atoms with Gasteiger partial charge in [0.05, 0.1) is 26.3 Å². The third-order valence-corrected chi connectivity index (χ3v) is 11.2. The molecule has 3 aromatic carbocycles. The number of hydrogen-bond donors (Lipinski definition) is 2. The van der Waals surface area contributed by atoms with Gasteiger partial charge in [-0.05, 0) is 49.6 Å². The van der Waals surface area contributed by atoms with Crippen LogP contribution < -0.4 is 25.2 Å². The van der Waals surface area contributed by atoms with Crippen LogP contribution in [-0.4, -0.2) is 108 Å². The lowest BCUT2D eigenvalue weighted by Gasteiger charge is -2.43. The van der Waals surface area contributed by atoms with Crippen LogP contribution in [-0.2, 0) is 22.7 Å². The first kappa shape index (κ1) is 34.7. The van der Waals surface area contributed by atoms with Crippen molar-refractivity contribution in [3.8, 4) is 22.9 Å². The topological polar surface area (TPSA) is 140 Å². The van der Waals surface area contributed by atoms with E-state index in [2.05, 4.69) is 37.1 Å². The van der Waals surface area contributed by atoms with Gasteiger partial charge in [-0.25, -0.2) is 9.37 Å². The van der Waals surface area contributed by atoms with Crippen LogP contribution in [0.15, 0.2) is 53.3 Å². The molecule has 14 heteroatoms. The highest BCUT2D eigenvalue weighted by Gasteiger charge is 2.40. The fourth-order valence-corrected chi connectivity index (χ4v) is 8.25. The molecule has 13 nitrogen and oxygen atoms in total. The summed E-state index contributed by atoms with van der Waals surface area (Å²) in [6.07, 6.45) is 2.50. The molecule has 2 N–H and O–H groups in total. The van der Waals surface area contributed by atoms with Gasteiger partial charge in [0.15, 0.2) is 0 Å². The number of anilines is 1. The SMILES string of the molecule is COc1cc(OC)c2c(=O)[nH]c(-c3ccc(N4CCC(N5CCN(Cc6ccc7c(c6F)CN(C6CCC(=O)NC6=O)C7=O)CC5)CC4)cc3)nc2c1. The second-order valence-electron chi connectivity index (χ2n) is 14.2. The summed E-state index contributed by atoms with van der Waals surface area (Å²) in [5.74, 6) is -0.141. The molecule has 5 heterocycles. The van der Waals surface area contributed by atoms with E-state index in [1.54, 1.807) is 31.4 Å². The highest BCUT2D eigenvalue weighted by molar-refractivity contribution is 6.05. The predicted octanol–water partition coefficient (Wildman–Crippen LogP) is 3.29. The standard InChI is InChI=1S/C39H42FN7O6/c1-52-27-19-30-34(32(20-27)53-2)38(50)43-36(41-30)23-3-6-25(7-4-23)45-13-11-26(12-14-45)46-17-15-44(16-18-46)21-24-5-8-28-29(35(24)40)22-47(39(28)51)31-9-10-33(48)42-37(31)49/h3-8,19-20,26,31H,9-18,21-22H2,1-2H3,(H,41,43,50)(H,42,48,49). The maximum absolute atomic E-state index is 15.8. The first-order valence-electron chi connectivity index (χ1n) is 18.1. The first-order valence-corrected chi connectivity index (χ1v) is 18.1. The van der Waals surface area contributed by atoms with Crippen molar-refractivity contribution in [2.24, 2.45) is 0 Å². The summed E-state index contributed by atoms with van der Waals surface area (Å²) in [7, 11) is 3.07. The molecule has 3 amide bonds. The number of carbonyl (C=O) groups excluding carboxylic acids is 3. The van der Waals surface area contributed by atoms with Crippen molar-refractivity contribution >= 4 is 34.3 Å². The Bertz CT molecular complexity index is 2140. The van der Waals surface area contributed by atoms with Gasteiger partial charge in [0, 0.05) is 98.3 Å². The van der Waals surface area contributed by atoms with E-state index >= 15 is 4.39 Å². The molecule has 53 heavy (non-hydrogen) atoms. The van der Waals surface area contributed by atoms with Crippen LogP contribution in [0.4, 0.5) is 10.1 Å². The monoisotopic (exact) mass is 723 g/mol. The Morgan fingerprint density at radius 3 is 2.34 bits per heavy atom. The molecule has 0 spiro atoms. The lowest BCUT2D eigenvalue weighted by atomic mass is 10.0. The number of methoxy groups -OCH3 is 2. The summed E-state index contributed by atoms with van der Waals surface area (Å²) < 4.78 is 26.5. The van der Waals surface area contributed by atoms with Crippen LogP contribution in [0.2, 0.25) is 0 Å². The van der Waals surface area contributed by atoms with E-state index in [0.717, 1.165) is 63.4 Å². The second-order valence-corrected chi connectivity index (χ2v) is 14.2. The van der Waals surface area contributed by atoms with Crippen molar-refractivity contribution < 1.29 is 28.2 Å². The lowest BCUT2D eigenvalue weighted by molar-refractivity contribution is -0.136. The van der Waals surface area contributed by atoms with Gasteiger partial charge in [0.25, 0.3) is 11.5 Å². The highest BCUT2D eigenvalue weighted by atomic mass is 19.1. The molecule has 0 bridgehead atoms. The van der Waals surface area contributed by atoms with E-state index < -0.39 is 11.9 Å². The first-order chi connectivity index (χ1) is 25.7. The van der Waals surface area contributed by atoms with Crippen molar-refractivity contribution in [1.29, 1.82) is 0 Å². The van der Waals surface area contributed by atoms with E-state index in [1.165, 1.54) is 12.0 Å². The number of nitrogens with zero attached hydrogens (tertiary/aromatic N) is 5. The third-order valence-electron chi connectivity index (χ3n) is 11.2. The van der Waals surface area contributed by atoms with Gasteiger partial charge in [0.2, 0.25) is 11.8 Å². The Labute approximate surface area is 305 Å². The minimum absolute atomic E-state index is 0.0330. The Kier molecular flexibility index (Phi) is 9.33. The van der Waals surface area contributed by atoms with Gasteiger partial charge in [-0.2, -0.15) is 0 Å². The fourth-order valence-electron chi connectivity index (χ4n) is 8.25. The van der Waals surface area contributed by atoms with Crippen molar-refractivity contribution in [3.63, 3.8) is 0 Å². The molecule has 4 aromatic rings. The second kappa shape index (κ2) is 14.2. The molecule has 4 aliphatic heterocycles. The van der Waals surface area contributed by atoms with Crippen LogP contribution in [0.25, 0.3) is 22.3 Å². The molecule has 3 fully saturated rings. The molecule has 1 unspecified atom stereocenters. The molecule has 4 aliphatic rings. The summed E-state index contributed by atoms with van der Waals surface area (Å²) in [5, 5.41) is 2.67.